The van der Waals surface area contributed by atoms with E-state index in [1.807, 2.05) is 0 Å². The molecule has 0 spiro atoms. The standard InChI is InChI=1S/C20H18N6O4S/c1-3-30-19(29)14-10-21-11(2)22-16(14)23-20-25-24-15(31-20)8-9-26-17(27)12-6-4-5-7-13(12)18(26)28/h4-7,10H,3,8-9H2,1-2H3,(H,21,22,23,25). The topological polar surface area (TPSA) is 127 Å². The normalized spacial score (nSPS) is 12.8. The second-order valence-electron chi connectivity index (χ2n) is 6.58. The third-order valence-electron chi connectivity index (χ3n) is 4.52. The predicted octanol–water partition coefficient (Wildman–Crippen LogP) is 2.40. The molecule has 0 saturated carbocycles. The Morgan fingerprint density at radius 2 is 1.87 bits per heavy atom. The van der Waals surface area contributed by atoms with Gasteiger partial charge in [0.2, 0.25) is 5.13 Å². The first kappa shape index (κ1) is 20.5. The number of fused-ring (bicyclic) bond motifs is 1. The first-order valence-corrected chi connectivity index (χ1v) is 10.3. The molecule has 0 bridgehead atoms. The summed E-state index contributed by atoms with van der Waals surface area (Å²) in [7, 11) is 0. The zero-order chi connectivity index (χ0) is 22.0. The molecule has 0 unspecified atom stereocenters. The molecule has 2 aromatic heterocycles. The van der Waals surface area contributed by atoms with E-state index >= 15 is 0 Å². The van der Waals surface area contributed by atoms with Crippen molar-refractivity contribution >= 4 is 40.1 Å². The van der Waals surface area contributed by atoms with E-state index in [1.165, 1.54) is 22.4 Å². The maximum absolute atomic E-state index is 12.5. The Morgan fingerprint density at radius 1 is 1.16 bits per heavy atom. The van der Waals surface area contributed by atoms with Crippen LogP contribution in [0.1, 0.15) is 48.8 Å². The van der Waals surface area contributed by atoms with Crippen molar-refractivity contribution in [3.05, 3.63) is 58.0 Å². The summed E-state index contributed by atoms with van der Waals surface area (Å²) in [5.41, 5.74) is 1.02. The first-order valence-electron chi connectivity index (χ1n) is 9.53. The minimum absolute atomic E-state index is 0.190. The summed E-state index contributed by atoms with van der Waals surface area (Å²) in [5, 5.41) is 12.2. The number of carbonyl (C=O) groups excluding carboxylic acids is 3. The van der Waals surface area contributed by atoms with Crippen LogP contribution in [0.15, 0.2) is 30.5 Å². The van der Waals surface area contributed by atoms with Gasteiger partial charge >= 0.3 is 5.97 Å². The number of nitrogens with zero attached hydrogens (tertiary/aromatic N) is 5. The van der Waals surface area contributed by atoms with Crippen LogP contribution in [-0.4, -0.2) is 56.0 Å². The molecule has 1 aliphatic rings. The molecule has 1 aliphatic heterocycles. The molecular weight excluding hydrogens is 420 g/mol. The average molecular weight is 438 g/mol. The van der Waals surface area contributed by atoms with Gasteiger partial charge in [-0.25, -0.2) is 14.8 Å². The van der Waals surface area contributed by atoms with E-state index in [0.29, 0.717) is 33.5 Å². The van der Waals surface area contributed by atoms with E-state index in [9.17, 15) is 14.4 Å². The Kier molecular flexibility index (Phi) is 5.67. The first-order chi connectivity index (χ1) is 15.0. The number of nitrogens with one attached hydrogen (secondary N) is 1. The highest BCUT2D eigenvalue weighted by atomic mass is 32.1. The van der Waals surface area contributed by atoms with Crippen LogP contribution in [0.25, 0.3) is 0 Å². The van der Waals surface area contributed by atoms with Crippen molar-refractivity contribution in [1.82, 2.24) is 25.1 Å². The van der Waals surface area contributed by atoms with Crippen LogP contribution >= 0.6 is 11.3 Å². The van der Waals surface area contributed by atoms with Gasteiger partial charge in [0.25, 0.3) is 11.8 Å². The summed E-state index contributed by atoms with van der Waals surface area (Å²) in [6, 6.07) is 6.76. The number of rotatable bonds is 7. The minimum Gasteiger partial charge on any atom is -0.462 e. The van der Waals surface area contributed by atoms with Gasteiger partial charge in [-0.1, -0.05) is 23.5 Å². The second kappa shape index (κ2) is 8.56. The largest absolute Gasteiger partial charge is 0.462 e. The molecule has 31 heavy (non-hydrogen) atoms. The summed E-state index contributed by atoms with van der Waals surface area (Å²) >= 11 is 1.24. The summed E-state index contributed by atoms with van der Waals surface area (Å²) in [5.74, 6) is -0.404. The maximum Gasteiger partial charge on any atom is 0.343 e. The lowest BCUT2D eigenvalue weighted by Gasteiger charge is -2.12. The van der Waals surface area contributed by atoms with E-state index < -0.39 is 5.97 Å². The summed E-state index contributed by atoms with van der Waals surface area (Å²) < 4.78 is 5.03. The highest BCUT2D eigenvalue weighted by molar-refractivity contribution is 7.15. The van der Waals surface area contributed by atoms with Crippen LogP contribution < -0.4 is 5.32 Å². The van der Waals surface area contributed by atoms with Crippen molar-refractivity contribution in [2.24, 2.45) is 0 Å². The van der Waals surface area contributed by atoms with Gasteiger partial charge < -0.3 is 10.1 Å². The second-order valence-corrected chi connectivity index (χ2v) is 7.65. The lowest BCUT2D eigenvalue weighted by molar-refractivity contribution is 0.0525. The number of aryl methyl sites for hydroxylation is 1. The van der Waals surface area contributed by atoms with Gasteiger partial charge in [0.1, 0.15) is 16.4 Å². The van der Waals surface area contributed by atoms with Gasteiger partial charge in [-0.3, -0.25) is 14.5 Å². The highest BCUT2D eigenvalue weighted by Crippen LogP contribution is 2.25. The van der Waals surface area contributed by atoms with Gasteiger partial charge in [-0.2, -0.15) is 0 Å². The number of ether oxygens (including phenoxy) is 1. The number of aromatic nitrogens is 4. The van der Waals surface area contributed by atoms with Gasteiger partial charge in [-0.05, 0) is 26.0 Å². The zero-order valence-electron chi connectivity index (χ0n) is 16.8. The molecule has 0 atom stereocenters. The molecular formula is C20H18N6O4S. The van der Waals surface area contributed by atoms with Gasteiger partial charge in [-0.15, -0.1) is 10.2 Å². The molecule has 0 fully saturated rings. The molecule has 3 heterocycles. The van der Waals surface area contributed by atoms with Gasteiger partial charge in [0.05, 0.1) is 17.7 Å². The van der Waals surface area contributed by atoms with Gasteiger partial charge in [0.15, 0.2) is 5.82 Å². The van der Waals surface area contributed by atoms with Crippen molar-refractivity contribution in [2.75, 3.05) is 18.5 Å². The molecule has 1 aromatic carbocycles. The SMILES string of the molecule is CCOC(=O)c1cnc(C)nc1Nc1nnc(CCN2C(=O)c3ccccc3C2=O)s1. The van der Waals surface area contributed by atoms with Crippen molar-refractivity contribution < 1.29 is 19.1 Å². The van der Waals surface area contributed by atoms with Crippen LogP contribution in [0.3, 0.4) is 0 Å². The number of imide groups is 1. The molecule has 4 rings (SSSR count). The Bertz CT molecular complexity index is 1140. The van der Waals surface area contributed by atoms with Crippen LogP contribution in [-0.2, 0) is 11.2 Å². The monoisotopic (exact) mass is 438 g/mol. The Morgan fingerprint density at radius 3 is 2.55 bits per heavy atom. The molecule has 0 saturated heterocycles. The molecule has 11 heteroatoms. The van der Waals surface area contributed by atoms with Crippen LogP contribution in [0.4, 0.5) is 10.9 Å². The summed E-state index contributed by atoms with van der Waals surface area (Å²) in [6.07, 6.45) is 1.76. The molecule has 158 valence electrons. The maximum atomic E-state index is 12.5. The quantitative estimate of drug-likeness (QED) is 0.437. The molecule has 1 N–H and O–H groups in total. The number of carbonyl (C=O) groups is 3. The highest BCUT2D eigenvalue weighted by Gasteiger charge is 2.34. The zero-order valence-corrected chi connectivity index (χ0v) is 17.6. The molecule has 2 amide bonds. The van der Waals surface area contributed by atoms with Crippen LogP contribution in [0.2, 0.25) is 0 Å². The predicted molar refractivity (Wildman–Crippen MR) is 111 cm³/mol. The van der Waals surface area contributed by atoms with Crippen molar-refractivity contribution in [3.8, 4) is 0 Å². The van der Waals surface area contributed by atoms with E-state index in [1.54, 1.807) is 38.1 Å². The van der Waals surface area contributed by atoms with E-state index in [4.69, 9.17) is 4.74 Å². The Labute approximate surface area is 181 Å². The number of esters is 1. The third-order valence-corrected chi connectivity index (χ3v) is 5.42. The number of benzene rings is 1. The van der Waals surface area contributed by atoms with E-state index in [-0.39, 0.29) is 36.3 Å². The summed E-state index contributed by atoms with van der Waals surface area (Å²) in [4.78, 5) is 46.6. The fourth-order valence-electron chi connectivity index (χ4n) is 3.08. The van der Waals surface area contributed by atoms with E-state index in [2.05, 4.69) is 25.5 Å². The van der Waals surface area contributed by atoms with Crippen molar-refractivity contribution in [1.29, 1.82) is 0 Å². The number of anilines is 2. The smallest absolute Gasteiger partial charge is 0.343 e. The van der Waals surface area contributed by atoms with E-state index in [0.717, 1.165) is 0 Å². The number of hydrogen-bond donors (Lipinski definition) is 1. The Hall–Kier alpha value is -3.73. The lowest BCUT2D eigenvalue weighted by atomic mass is 10.1. The average Bonchev–Trinajstić information content (AvgIpc) is 3.30. The van der Waals surface area contributed by atoms with Gasteiger partial charge in [0, 0.05) is 19.2 Å². The van der Waals surface area contributed by atoms with Crippen LogP contribution in [0, 0.1) is 6.92 Å². The Balaban J connectivity index is 1.44. The lowest BCUT2D eigenvalue weighted by Crippen LogP contribution is -2.31. The summed E-state index contributed by atoms with van der Waals surface area (Å²) in [6.45, 7) is 3.84. The third kappa shape index (κ3) is 4.12. The number of hydrogen-bond acceptors (Lipinski definition) is 10. The molecule has 3 aromatic rings. The number of amides is 2. The fourth-order valence-corrected chi connectivity index (χ4v) is 3.81. The minimum atomic E-state index is -0.541. The molecule has 10 nitrogen and oxygen atoms in total. The molecule has 0 radical (unpaired) electrons. The van der Waals surface area contributed by atoms with Crippen molar-refractivity contribution in [3.63, 3.8) is 0 Å². The fraction of sp³-hybridized carbons (Fsp3) is 0.250. The van der Waals surface area contributed by atoms with Crippen LogP contribution in [0.5, 0.6) is 0 Å². The molecule has 0 aliphatic carbocycles. The van der Waals surface area contributed by atoms with Crippen molar-refractivity contribution in [2.45, 2.75) is 20.3 Å².